The van der Waals surface area contributed by atoms with Gasteiger partial charge in [0.05, 0.1) is 10.9 Å². The molecule has 4 heteroatoms. The number of carbonyl (C=O) groups is 1. The predicted octanol–water partition coefficient (Wildman–Crippen LogP) is 2.34. The lowest BCUT2D eigenvalue weighted by Crippen LogP contribution is -2.34. The molecule has 1 aromatic heterocycles. The second kappa shape index (κ2) is 4.67. The average molecular weight is 234 g/mol. The lowest BCUT2D eigenvalue weighted by molar-refractivity contribution is 0.0946. The number of aryl methyl sites for hydroxylation is 1. The van der Waals surface area contributed by atoms with Crippen LogP contribution in [-0.2, 0) is 6.42 Å². The fraction of sp³-hybridized carbons (Fsp3) is 0.500. The van der Waals surface area contributed by atoms with Gasteiger partial charge in [0.1, 0.15) is 6.04 Å². The summed E-state index contributed by atoms with van der Waals surface area (Å²) in [5.41, 5.74) is 0. The number of hydrogen-bond donors (Lipinski definition) is 1. The third-order valence-corrected chi connectivity index (χ3v) is 3.98. The molecule has 84 valence electrons. The summed E-state index contributed by atoms with van der Waals surface area (Å²) < 4.78 is 0. The van der Waals surface area contributed by atoms with Crippen molar-refractivity contribution in [2.75, 3.05) is 0 Å². The van der Waals surface area contributed by atoms with E-state index in [0.29, 0.717) is 10.8 Å². The molecule has 1 unspecified atom stereocenters. The van der Waals surface area contributed by atoms with Gasteiger partial charge >= 0.3 is 0 Å². The zero-order chi connectivity index (χ0) is 11.5. The lowest BCUT2D eigenvalue weighted by atomic mass is 10.2. The van der Waals surface area contributed by atoms with Gasteiger partial charge in [-0.05, 0) is 37.3 Å². The van der Waals surface area contributed by atoms with E-state index in [1.54, 1.807) is 0 Å². The minimum absolute atomic E-state index is 0.108. The molecular weight excluding hydrogens is 220 g/mol. The average Bonchev–Trinajstić information content (AvgIpc) is 3.02. The van der Waals surface area contributed by atoms with Gasteiger partial charge in [-0.2, -0.15) is 5.26 Å². The Bertz CT molecular complexity index is 428. The SMILES string of the molecule is CCc1ccc(C(=O)NC(C#N)C2CC2)s1. The van der Waals surface area contributed by atoms with Gasteiger partial charge in [-0.1, -0.05) is 6.92 Å². The fourth-order valence-corrected chi connectivity index (χ4v) is 2.44. The van der Waals surface area contributed by atoms with Crippen molar-refractivity contribution in [3.63, 3.8) is 0 Å². The molecule has 0 radical (unpaired) electrons. The molecule has 1 aliphatic carbocycles. The van der Waals surface area contributed by atoms with Crippen LogP contribution < -0.4 is 5.32 Å². The molecule has 0 aliphatic heterocycles. The molecule has 1 amide bonds. The highest BCUT2D eigenvalue weighted by atomic mass is 32.1. The number of nitrogens with zero attached hydrogens (tertiary/aromatic N) is 1. The van der Waals surface area contributed by atoms with E-state index in [1.165, 1.54) is 16.2 Å². The van der Waals surface area contributed by atoms with Crippen LogP contribution in [0.5, 0.6) is 0 Å². The molecule has 1 saturated carbocycles. The first-order chi connectivity index (χ1) is 7.74. The maximum Gasteiger partial charge on any atom is 0.262 e. The molecule has 1 heterocycles. The van der Waals surface area contributed by atoms with Crippen molar-refractivity contribution in [2.45, 2.75) is 32.2 Å². The van der Waals surface area contributed by atoms with Gasteiger partial charge in [0.25, 0.3) is 5.91 Å². The Labute approximate surface area is 99.1 Å². The Balaban J connectivity index is 1.99. The summed E-state index contributed by atoms with van der Waals surface area (Å²) in [6.07, 6.45) is 3.06. The summed E-state index contributed by atoms with van der Waals surface area (Å²) >= 11 is 1.50. The van der Waals surface area contributed by atoms with Crippen LogP contribution in [0.25, 0.3) is 0 Å². The molecule has 2 rings (SSSR count). The van der Waals surface area contributed by atoms with Crippen molar-refractivity contribution in [1.82, 2.24) is 5.32 Å². The maximum absolute atomic E-state index is 11.8. The van der Waals surface area contributed by atoms with E-state index in [9.17, 15) is 4.79 Å². The molecule has 0 aromatic carbocycles. The van der Waals surface area contributed by atoms with E-state index in [4.69, 9.17) is 5.26 Å². The van der Waals surface area contributed by atoms with Crippen molar-refractivity contribution in [2.24, 2.45) is 5.92 Å². The minimum Gasteiger partial charge on any atom is -0.335 e. The van der Waals surface area contributed by atoms with Crippen molar-refractivity contribution in [1.29, 1.82) is 5.26 Å². The van der Waals surface area contributed by atoms with Crippen molar-refractivity contribution >= 4 is 17.2 Å². The van der Waals surface area contributed by atoms with Crippen molar-refractivity contribution in [3.05, 3.63) is 21.9 Å². The maximum atomic E-state index is 11.8. The van der Waals surface area contributed by atoms with Crippen LogP contribution in [0, 0.1) is 17.2 Å². The first kappa shape index (κ1) is 11.2. The summed E-state index contributed by atoms with van der Waals surface area (Å²) in [5.74, 6) is 0.266. The normalized spacial score (nSPS) is 16.5. The first-order valence-corrected chi connectivity index (χ1v) is 6.35. The van der Waals surface area contributed by atoms with Crippen LogP contribution >= 0.6 is 11.3 Å². The summed E-state index contributed by atoms with van der Waals surface area (Å²) in [5, 5.41) is 11.7. The highest BCUT2D eigenvalue weighted by Crippen LogP contribution is 2.32. The summed E-state index contributed by atoms with van der Waals surface area (Å²) in [6, 6.07) is 5.66. The molecule has 3 nitrogen and oxygen atoms in total. The topological polar surface area (TPSA) is 52.9 Å². The number of hydrogen-bond acceptors (Lipinski definition) is 3. The Hall–Kier alpha value is -1.34. The monoisotopic (exact) mass is 234 g/mol. The molecule has 1 atom stereocenters. The highest BCUT2D eigenvalue weighted by Gasteiger charge is 2.32. The molecule has 16 heavy (non-hydrogen) atoms. The van der Waals surface area contributed by atoms with Gasteiger partial charge in [-0.3, -0.25) is 4.79 Å². The molecule has 0 saturated heterocycles. The van der Waals surface area contributed by atoms with E-state index in [-0.39, 0.29) is 11.9 Å². The van der Waals surface area contributed by atoms with E-state index in [2.05, 4.69) is 18.3 Å². The minimum atomic E-state index is -0.306. The largest absolute Gasteiger partial charge is 0.335 e. The third kappa shape index (κ3) is 2.42. The Morgan fingerprint density at radius 1 is 1.69 bits per heavy atom. The summed E-state index contributed by atoms with van der Waals surface area (Å²) in [4.78, 5) is 13.7. The van der Waals surface area contributed by atoms with E-state index < -0.39 is 0 Å². The zero-order valence-corrected chi connectivity index (χ0v) is 10.0. The Morgan fingerprint density at radius 2 is 2.44 bits per heavy atom. The number of nitriles is 1. The molecule has 1 N–H and O–H groups in total. The van der Waals surface area contributed by atoms with Crippen LogP contribution in [-0.4, -0.2) is 11.9 Å². The predicted molar refractivity (Wildman–Crippen MR) is 63.3 cm³/mol. The summed E-state index contributed by atoms with van der Waals surface area (Å²) in [7, 11) is 0. The van der Waals surface area contributed by atoms with Crippen LogP contribution in [0.1, 0.15) is 34.3 Å². The number of amides is 1. The Kier molecular flexibility index (Phi) is 3.25. The second-order valence-corrected chi connectivity index (χ2v) is 5.21. The quantitative estimate of drug-likeness (QED) is 0.869. The number of carbonyl (C=O) groups excluding carboxylic acids is 1. The first-order valence-electron chi connectivity index (χ1n) is 5.53. The summed E-state index contributed by atoms with van der Waals surface area (Å²) in [6.45, 7) is 2.07. The van der Waals surface area contributed by atoms with Gasteiger partial charge in [0, 0.05) is 4.88 Å². The molecule has 0 bridgehead atoms. The lowest BCUT2D eigenvalue weighted by Gasteiger charge is -2.08. The van der Waals surface area contributed by atoms with Crippen LogP contribution in [0.2, 0.25) is 0 Å². The third-order valence-electron chi connectivity index (χ3n) is 2.75. The number of nitrogens with one attached hydrogen (secondary N) is 1. The number of thiophene rings is 1. The van der Waals surface area contributed by atoms with E-state index in [0.717, 1.165) is 19.3 Å². The van der Waals surface area contributed by atoms with Gasteiger partial charge < -0.3 is 5.32 Å². The van der Waals surface area contributed by atoms with Crippen LogP contribution in [0.15, 0.2) is 12.1 Å². The molecule has 0 spiro atoms. The zero-order valence-electron chi connectivity index (χ0n) is 9.19. The van der Waals surface area contributed by atoms with Crippen molar-refractivity contribution in [3.8, 4) is 6.07 Å². The van der Waals surface area contributed by atoms with E-state index >= 15 is 0 Å². The molecule has 1 fully saturated rings. The highest BCUT2D eigenvalue weighted by molar-refractivity contribution is 7.14. The van der Waals surface area contributed by atoms with Crippen LogP contribution in [0.4, 0.5) is 0 Å². The molecule has 1 aliphatic rings. The van der Waals surface area contributed by atoms with Crippen molar-refractivity contribution < 1.29 is 4.79 Å². The second-order valence-electron chi connectivity index (χ2n) is 4.04. The van der Waals surface area contributed by atoms with E-state index in [1.807, 2.05) is 12.1 Å². The van der Waals surface area contributed by atoms with Crippen LogP contribution in [0.3, 0.4) is 0 Å². The van der Waals surface area contributed by atoms with Gasteiger partial charge in [0.2, 0.25) is 0 Å². The fourth-order valence-electron chi connectivity index (χ4n) is 1.59. The smallest absolute Gasteiger partial charge is 0.262 e. The number of rotatable bonds is 4. The van der Waals surface area contributed by atoms with Gasteiger partial charge in [-0.25, -0.2) is 0 Å². The standard InChI is InChI=1S/C12H14N2OS/c1-2-9-5-6-11(16-9)12(15)14-10(7-13)8-3-4-8/h5-6,8,10H,2-4H2,1H3,(H,14,15). The molecular formula is C12H14N2OS. The van der Waals surface area contributed by atoms with Gasteiger partial charge in [0.15, 0.2) is 0 Å². The molecule has 1 aromatic rings. The van der Waals surface area contributed by atoms with Gasteiger partial charge in [-0.15, -0.1) is 11.3 Å². The Morgan fingerprint density at radius 3 is 2.94 bits per heavy atom.